The van der Waals surface area contributed by atoms with E-state index in [4.69, 9.17) is 0 Å². The van der Waals surface area contributed by atoms with Crippen molar-refractivity contribution >= 4 is 23.2 Å². The summed E-state index contributed by atoms with van der Waals surface area (Å²) in [5.41, 5.74) is 2.49. The van der Waals surface area contributed by atoms with E-state index in [1.54, 1.807) is 4.90 Å². The lowest BCUT2D eigenvalue weighted by Crippen LogP contribution is -2.41. The third-order valence-electron chi connectivity index (χ3n) is 5.85. The highest BCUT2D eigenvalue weighted by Crippen LogP contribution is 2.24. The van der Waals surface area contributed by atoms with Crippen LogP contribution in [0.4, 0.5) is 15.8 Å². The van der Waals surface area contributed by atoms with Gasteiger partial charge in [-0.1, -0.05) is 0 Å². The predicted molar refractivity (Wildman–Crippen MR) is 112 cm³/mol. The molecule has 1 N–H and O–H groups in total. The molecule has 2 saturated heterocycles. The number of nitrogens with one attached hydrogen (secondary N) is 1. The van der Waals surface area contributed by atoms with Gasteiger partial charge in [0, 0.05) is 49.0 Å². The van der Waals surface area contributed by atoms with E-state index in [9.17, 15) is 14.0 Å². The topological polar surface area (TPSA) is 52.7 Å². The summed E-state index contributed by atoms with van der Waals surface area (Å²) in [6, 6.07) is 13.6. The van der Waals surface area contributed by atoms with Gasteiger partial charge in [-0.05, 0) is 74.2 Å². The Kier molecular flexibility index (Phi) is 5.79. The number of amides is 2. The third kappa shape index (κ3) is 4.58. The van der Waals surface area contributed by atoms with Gasteiger partial charge < -0.3 is 15.1 Å². The quantitative estimate of drug-likeness (QED) is 0.854. The fraction of sp³-hybridized carbons (Fsp3) is 0.391. The van der Waals surface area contributed by atoms with Crippen LogP contribution in [0.15, 0.2) is 48.5 Å². The van der Waals surface area contributed by atoms with Crippen LogP contribution in [0.25, 0.3) is 0 Å². The smallest absolute Gasteiger partial charge is 0.253 e. The molecule has 2 aliphatic heterocycles. The van der Waals surface area contributed by atoms with Gasteiger partial charge in [0.1, 0.15) is 5.82 Å². The van der Waals surface area contributed by atoms with E-state index in [0.717, 1.165) is 18.8 Å². The summed E-state index contributed by atoms with van der Waals surface area (Å²) >= 11 is 0. The van der Waals surface area contributed by atoms with Gasteiger partial charge in [-0.2, -0.15) is 0 Å². The van der Waals surface area contributed by atoms with Gasteiger partial charge in [0.05, 0.1) is 0 Å². The molecule has 29 heavy (non-hydrogen) atoms. The molecule has 2 aromatic carbocycles. The maximum Gasteiger partial charge on any atom is 0.253 e. The lowest BCUT2D eigenvalue weighted by Gasteiger charge is -2.31. The molecular weight excluding hydrogens is 369 g/mol. The average molecular weight is 395 g/mol. The summed E-state index contributed by atoms with van der Waals surface area (Å²) in [7, 11) is 0. The van der Waals surface area contributed by atoms with Crippen molar-refractivity contribution in [2.24, 2.45) is 5.92 Å². The van der Waals surface area contributed by atoms with Crippen LogP contribution in [0.1, 0.15) is 36.0 Å². The molecule has 2 fully saturated rings. The van der Waals surface area contributed by atoms with Crippen LogP contribution >= 0.6 is 0 Å². The van der Waals surface area contributed by atoms with Gasteiger partial charge in [-0.25, -0.2) is 4.39 Å². The summed E-state index contributed by atoms with van der Waals surface area (Å²) in [4.78, 5) is 29.2. The van der Waals surface area contributed by atoms with Crippen LogP contribution in [-0.4, -0.2) is 42.9 Å². The largest absolute Gasteiger partial charge is 0.372 e. The molecule has 4 rings (SSSR count). The van der Waals surface area contributed by atoms with Gasteiger partial charge in [-0.3, -0.25) is 9.59 Å². The van der Waals surface area contributed by atoms with Crippen molar-refractivity contribution in [2.45, 2.75) is 25.7 Å². The first-order valence-electron chi connectivity index (χ1n) is 10.3. The zero-order valence-electron chi connectivity index (χ0n) is 16.4. The second-order valence-electron chi connectivity index (χ2n) is 7.80. The van der Waals surface area contributed by atoms with Crippen LogP contribution in [0.2, 0.25) is 0 Å². The van der Waals surface area contributed by atoms with Crippen molar-refractivity contribution in [2.75, 3.05) is 36.4 Å². The first kappa shape index (κ1) is 19.4. The van der Waals surface area contributed by atoms with Crippen LogP contribution < -0.4 is 10.2 Å². The number of carbonyl (C=O) groups excluding carboxylic acids is 2. The molecule has 2 heterocycles. The van der Waals surface area contributed by atoms with E-state index in [0.29, 0.717) is 31.5 Å². The van der Waals surface area contributed by atoms with Crippen molar-refractivity contribution in [3.05, 3.63) is 59.9 Å². The van der Waals surface area contributed by atoms with E-state index >= 15 is 0 Å². The van der Waals surface area contributed by atoms with Crippen molar-refractivity contribution in [1.29, 1.82) is 0 Å². The van der Waals surface area contributed by atoms with Crippen molar-refractivity contribution in [3.8, 4) is 0 Å². The predicted octanol–water partition coefficient (Wildman–Crippen LogP) is 3.92. The summed E-state index contributed by atoms with van der Waals surface area (Å²) < 4.78 is 13.0. The molecule has 0 aromatic heterocycles. The highest BCUT2D eigenvalue weighted by molar-refractivity contribution is 5.95. The minimum absolute atomic E-state index is 0.00723. The molecule has 0 spiro atoms. The zero-order valence-corrected chi connectivity index (χ0v) is 16.4. The minimum atomic E-state index is -0.356. The molecule has 0 bridgehead atoms. The Balaban J connectivity index is 1.28. The van der Waals surface area contributed by atoms with Crippen LogP contribution in [0.5, 0.6) is 0 Å². The Bertz CT molecular complexity index is 853. The summed E-state index contributed by atoms with van der Waals surface area (Å²) in [6.45, 7) is 3.26. The maximum atomic E-state index is 13.0. The Labute approximate surface area is 170 Å². The Morgan fingerprint density at radius 1 is 0.862 bits per heavy atom. The van der Waals surface area contributed by atoms with Crippen LogP contribution in [0.3, 0.4) is 0 Å². The minimum Gasteiger partial charge on any atom is -0.372 e. The molecule has 0 saturated carbocycles. The molecule has 2 aromatic rings. The Morgan fingerprint density at radius 3 is 2.10 bits per heavy atom. The van der Waals surface area contributed by atoms with E-state index in [1.165, 1.54) is 42.8 Å². The number of anilines is 2. The number of hydrogen-bond acceptors (Lipinski definition) is 3. The van der Waals surface area contributed by atoms with Crippen molar-refractivity contribution in [1.82, 2.24) is 4.90 Å². The van der Waals surface area contributed by atoms with Gasteiger partial charge >= 0.3 is 0 Å². The fourth-order valence-electron chi connectivity index (χ4n) is 4.10. The monoisotopic (exact) mass is 395 g/mol. The van der Waals surface area contributed by atoms with E-state index < -0.39 is 0 Å². The summed E-state index contributed by atoms with van der Waals surface area (Å²) in [5, 5.41) is 3.01. The van der Waals surface area contributed by atoms with E-state index in [-0.39, 0.29) is 23.5 Å². The molecule has 0 unspecified atom stereocenters. The fourth-order valence-corrected chi connectivity index (χ4v) is 4.10. The van der Waals surface area contributed by atoms with Crippen LogP contribution in [-0.2, 0) is 4.79 Å². The van der Waals surface area contributed by atoms with Gasteiger partial charge in [0.15, 0.2) is 0 Å². The van der Waals surface area contributed by atoms with Gasteiger partial charge in [0.25, 0.3) is 5.91 Å². The number of hydrogen-bond donors (Lipinski definition) is 1. The second-order valence-corrected chi connectivity index (χ2v) is 7.80. The number of piperidine rings is 1. The highest BCUT2D eigenvalue weighted by atomic mass is 19.1. The van der Waals surface area contributed by atoms with Crippen molar-refractivity contribution in [3.63, 3.8) is 0 Å². The van der Waals surface area contributed by atoms with Crippen molar-refractivity contribution < 1.29 is 14.0 Å². The van der Waals surface area contributed by atoms with Crippen LogP contribution in [0, 0.1) is 11.7 Å². The number of rotatable bonds is 4. The average Bonchev–Trinajstić information content (AvgIpc) is 3.29. The third-order valence-corrected chi connectivity index (χ3v) is 5.85. The molecule has 0 radical (unpaired) electrons. The molecule has 2 aliphatic rings. The number of likely N-dealkylation sites (tertiary alicyclic amines) is 1. The lowest BCUT2D eigenvalue weighted by molar-refractivity contribution is -0.121. The number of benzene rings is 2. The normalized spacial score (nSPS) is 17.4. The van der Waals surface area contributed by atoms with Gasteiger partial charge in [0.2, 0.25) is 5.91 Å². The molecule has 6 heteroatoms. The zero-order chi connectivity index (χ0) is 20.2. The first-order chi connectivity index (χ1) is 14.1. The maximum absolute atomic E-state index is 13.0. The highest BCUT2D eigenvalue weighted by Gasteiger charge is 2.28. The summed E-state index contributed by atoms with van der Waals surface area (Å²) in [6.07, 6.45) is 3.73. The van der Waals surface area contributed by atoms with E-state index in [2.05, 4.69) is 22.3 Å². The lowest BCUT2D eigenvalue weighted by atomic mass is 9.95. The second kappa shape index (κ2) is 8.64. The number of carbonyl (C=O) groups is 2. The number of nitrogens with zero attached hydrogens (tertiary/aromatic N) is 2. The SMILES string of the molecule is O=C(Nc1ccc(N2CCCC2)cc1)C1CCN(C(=O)c2ccc(F)cc2)CC1. The Hall–Kier alpha value is -2.89. The molecule has 152 valence electrons. The molecule has 0 aliphatic carbocycles. The molecular formula is C23H26FN3O2. The van der Waals surface area contributed by atoms with Gasteiger partial charge in [-0.15, -0.1) is 0 Å². The molecule has 5 nitrogen and oxygen atoms in total. The molecule has 0 atom stereocenters. The number of halogens is 1. The molecule has 2 amide bonds. The Morgan fingerprint density at radius 2 is 1.48 bits per heavy atom. The summed E-state index contributed by atoms with van der Waals surface area (Å²) in [5.74, 6) is -0.565. The standard InChI is InChI=1S/C23H26FN3O2/c24-19-5-3-18(4-6-19)23(29)27-15-11-17(12-16-27)22(28)25-20-7-9-21(10-8-20)26-13-1-2-14-26/h3-10,17H,1-2,11-16H2,(H,25,28). The first-order valence-corrected chi connectivity index (χ1v) is 10.3. The van der Waals surface area contributed by atoms with E-state index in [1.807, 2.05) is 12.1 Å².